The molecule has 0 N–H and O–H groups in total. The van der Waals surface area contributed by atoms with Crippen LogP contribution in [0.15, 0.2) is 91.0 Å². The molecule has 0 fully saturated rings. The van der Waals surface area contributed by atoms with Gasteiger partial charge in [0.1, 0.15) is 0 Å². The van der Waals surface area contributed by atoms with Crippen LogP contribution in [0.5, 0.6) is 0 Å². The molecule has 2 radical (unpaired) electrons. The summed E-state index contributed by atoms with van der Waals surface area (Å²) in [5.41, 5.74) is 3.59. The summed E-state index contributed by atoms with van der Waals surface area (Å²) in [4.78, 5) is 0. The highest BCUT2D eigenvalue weighted by Crippen LogP contribution is 2.31. The van der Waals surface area contributed by atoms with Gasteiger partial charge in [0.2, 0.25) is 0 Å². The fraction of sp³-hybridized carbons (Fsp3) is 0.174. The molecule has 0 amide bonds. The zero-order chi connectivity index (χ0) is 16.0. The fourth-order valence-corrected chi connectivity index (χ4v) is 3.19. The zero-order valence-electron chi connectivity index (χ0n) is 13.4. The molecule has 0 heteroatoms. The Morgan fingerprint density at radius 3 is 1.00 bits per heavy atom. The van der Waals surface area contributed by atoms with E-state index in [1.165, 1.54) is 16.7 Å². The van der Waals surface area contributed by atoms with E-state index in [1.807, 2.05) is 0 Å². The molecule has 0 saturated heterocycles. The van der Waals surface area contributed by atoms with Gasteiger partial charge in [-0.3, -0.25) is 0 Å². The van der Waals surface area contributed by atoms with Crippen LogP contribution < -0.4 is 0 Å². The molecular formula is C23H22. The first-order valence-electron chi connectivity index (χ1n) is 8.14. The molecule has 0 nitrogen and oxygen atoms in total. The van der Waals surface area contributed by atoms with Gasteiger partial charge in [0, 0.05) is 0 Å². The Kier molecular flexibility index (Phi) is 4.92. The van der Waals surface area contributed by atoms with E-state index in [0.717, 1.165) is 19.3 Å². The van der Waals surface area contributed by atoms with Gasteiger partial charge in [-0.2, -0.15) is 0 Å². The molecule has 0 saturated carbocycles. The van der Waals surface area contributed by atoms with Crippen molar-refractivity contribution in [1.82, 2.24) is 0 Å². The standard InChI is InChI=1S/C23H22/c1-23(17-20-11-5-2-6-12-20,18-21-13-7-3-8-14-21)19-22-15-9-4-10-16-22/h1-16H,17-19H2. The van der Waals surface area contributed by atoms with Gasteiger partial charge >= 0.3 is 0 Å². The number of hydrogen-bond donors (Lipinski definition) is 0. The van der Waals surface area contributed by atoms with Crippen LogP contribution in [-0.4, -0.2) is 0 Å². The average Bonchev–Trinajstić information content (AvgIpc) is 2.57. The van der Waals surface area contributed by atoms with Crippen LogP contribution in [0.2, 0.25) is 0 Å². The van der Waals surface area contributed by atoms with Crippen molar-refractivity contribution in [3.63, 3.8) is 0 Å². The highest BCUT2D eigenvalue weighted by atomic mass is 14.3. The molecular weight excluding hydrogens is 276 g/mol. The summed E-state index contributed by atoms with van der Waals surface area (Å²) in [5, 5.41) is 0. The third kappa shape index (κ3) is 4.56. The van der Waals surface area contributed by atoms with E-state index in [4.69, 9.17) is 6.92 Å². The lowest BCUT2D eigenvalue weighted by Crippen LogP contribution is -2.26. The van der Waals surface area contributed by atoms with Crippen molar-refractivity contribution < 1.29 is 0 Å². The molecule has 3 aromatic carbocycles. The summed E-state index contributed by atoms with van der Waals surface area (Å²) >= 11 is 0. The summed E-state index contributed by atoms with van der Waals surface area (Å²) in [7, 11) is 0. The third-order valence-electron chi connectivity index (χ3n) is 4.20. The van der Waals surface area contributed by atoms with E-state index in [2.05, 4.69) is 91.0 Å². The topological polar surface area (TPSA) is 0 Å². The molecule has 0 heterocycles. The predicted octanol–water partition coefficient (Wildman–Crippen LogP) is 5.41. The van der Waals surface area contributed by atoms with Gasteiger partial charge in [-0.1, -0.05) is 91.0 Å². The second kappa shape index (κ2) is 7.28. The van der Waals surface area contributed by atoms with E-state index in [-0.39, 0.29) is 5.41 Å². The van der Waals surface area contributed by atoms with Crippen LogP contribution in [0.4, 0.5) is 0 Å². The minimum atomic E-state index is -0.288. The zero-order valence-corrected chi connectivity index (χ0v) is 13.4. The number of rotatable bonds is 6. The largest absolute Gasteiger partial charge is 0.0622 e. The van der Waals surface area contributed by atoms with Crippen molar-refractivity contribution >= 4 is 0 Å². The van der Waals surface area contributed by atoms with Crippen LogP contribution in [-0.2, 0) is 19.3 Å². The molecule has 0 spiro atoms. The second-order valence-corrected chi connectivity index (χ2v) is 6.35. The van der Waals surface area contributed by atoms with E-state index >= 15 is 0 Å². The molecule has 0 aliphatic rings. The lowest BCUT2D eigenvalue weighted by atomic mass is 9.74. The van der Waals surface area contributed by atoms with Gasteiger partial charge in [0.15, 0.2) is 0 Å². The van der Waals surface area contributed by atoms with Gasteiger partial charge in [-0.25, -0.2) is 0 Å². The molecule has 0 aliphatic heterocycles. The Balaban J connectivity index is 1.85. The molecule has 0 unspecified atom stereocenters. The van der Waals surface area contributed by atoms with Gasteiger partial charge in [-0.15, -0.1) is 0 Å². The van der Waals surface area contributed by atoms with Gasteiger partial charge in [-0.05, 0) is 48.3 Å². The van der Waals surface area contributed by atoms with Crippen molar-refractivity contribution in [1.29, 1.82) is 0 Å². The number of benzene rings is 3. The quantitative estimate of drug-likeness (QED) is 0.570. The Labute approximate surface area is 139 Å². The van der Waals surface area contributed by atoms with Crippen LogP contribution in [0.1, 0.15) is 16.7 Å². The maximum atomic E-state index is 6.89. The SMILES string of the molecule is [CH]C(Cc1ccccc1)(Cc1ccccc1)Cc1ccccc1. The summed E-state index contributed by atoms with van der Waals surface area (Å²) in [5.74, 6) is 0. The normalized spacial score (nSPS) is 11.3. The highest BCUT2D eigenvalue weighted by molar-refractivity contribution is 5.25. The Hall–Kier alpha value is -2.34. The summed E-state index contributed by atoms with van der Waals surface area (Å²) in [6.45, 7) is 6.89. The van der Waals surface area contributed by atoms with Gasteiger partial charge < -0.3 is 0 Å². The van der Waals surface area contributed by atoms with Gasteiger partial charge in [0.05, 0.1) is 0 Å². The second-order valence-electron chi connectivity index (χ2n) is 6.35. The van der Waals surface area contributed by atoms with Crippen molar-refractivity contribution in [2.75, 3.05) is 0 Å². The van der Waals surface area contributed by atoms with Gasteiger partial charge in [0.25, 0.3) is 0 Å². The van der Waals surface area contributed by atoms with Crippen LogP contribution in [0.25, 0.3) is 0 Å². The Bertz CT molecular complexity index is 597. The van der Waals surface area contributed by atoms with Crippen LogP contribution >= 0.6 is 0 Å². The summed E-state index contributed by atoms with van der Waals surface area (Å²) < 4.78 is 0. The first-order valence-corrected chi connectivity index (χ1v) is 8.14. The van der Waals surface area contributed by atoms with Crippen LogP contribution in [0, 0.1) is 12.3 Å². The fourth-order valence-electron chi connectivity index (χ4n) is 3.19. The smallest absolute Gasteiger partial charge is 0.0142 e. The monoisotopic (exact) mass is 298 g/mol. The number of hydrogen-bond acceptors (Lipinski definition) is 0. The van der Waals surface area contributed by atoms with Crippen molar-refractivity contribution in [2.45, 2.75) is 19.3 Å². The summed E-state index contributed by atoms with van der Waals surface area (Å²) in [6.07, 6.45) is 2.62. The summed E-state index contributed by atoms with van der Waals surface area (Å²) in [6, 6.07) is 31.6. The van der Waals surface area contributed by atoms with Crippen molar-refractivity contribution in [3.05, 3.63) is 115 Å². The molecule has 114 valence electrons. The lowest BCUT2D eigenvalue weighted by Gasteiger charge is -2.30. The minimum Gasteiger partial charge on any atom is -0.0622 e. The van der Waals surface area contributed by atoms with E-state index in [0.29, 0.717) is 0 Å². The Morgan fingerprint density at radius 2 is 0.739 bits per heavy atom. The van der Waals surface area contributed by atoms with E-state index in [9.17, 15) is 0 Å². The maximum absolute atomic E-state index is 6.89. The van der Waals surface area contributed by atoms with Crippen molar-refractivity contribution in [3.8, 4) is 0 Å². The maximum Gasteiger partial charge on any atom is -0.0142 e. The minimum absolute atomic E-state index is 0.288. The first kappa shape index (κ1) is 15.6. The molecule has 3 aromatic rings. The molecule has 0 atom stereocenters. The van der Waals surface area contributed by atoms with E-state index in [1.54, 1.807) is 0 Å². The van der Waals surface area contributed by atoms with Crippen molar-refractivity contribution in [2.24, 2.45) is 5.41 Å². The third-order valence-corrected chi connectivity index (χ3v) is 4.20. The average molecular weight is 298 g/mol. The molecule has 3 rings (SSSR count). The lowest BCUT2D eigenvalue weighted by molar-refractivity contribution is 0.368. The molecule has 0 aliphatic carbocycles. The molecule has 0 bridgehead atoms. The van der Waals surface area contributed by atoms with Crippen LogP contribution in [0.3, 0.4) is 0 Å². The highest BCUT2D eigenvalue weighted by Gasteiger charge is 2.26. The first-order chi connectivity index (χ1) is 11.2. The molecule has 23 heavy (non-hydrogen) atoms. The Morgan fingerprint density at radius 1 is 0.478 bits per heavy atom. The predicted molar refractivity (Wildman–Crippen MR) is 97.2 cm³/mol. The van der Waals surface area contributed by atoms with E-state index < -0.39 is 0 Å². The molecule has 0 aromatic heterocycles.